The van der Waals surface area contributed by atoms with Crippen LogP contribution in [0.15, 0.2) is 60.7 Å². The van der Waals surface area contributed by atoms with Gasteiger partial charge in [0.25, 0.3) is 5.91 Å². The molecule has 0 radical (unpaired) electrons. The van der Waals surface area contributed by atoms with Gasteiger partial charge in [0, 0.05) is 23.7 Å². The fourth-order valence-corrected chi connectivity index (χ4v) is 4.25. The third-order valence-corrected chi connectivity index (χ3v) is 5.98. The highest BCUT2D eigenvalue weighted by molar-refractivity contribution is 5.97. The molecule has 0 aliphatic carbocycles. The van der Waals surface area contributed by atoms with Crippen LogP contribution in [-0.4, -0.2) is 40.1 Å². The zero-order valence-electron chi connectivity index (χ0n) is 21.0. The predicted octanol–water partition coefficient (Wildman–Crippen LogP) is 5.86. The number of benzene rings is 3. The van der Waals surface area contributed by atoms with E-state index in [0.717, 1.165) is 24.1 Å². The number of nitrogens with zero attached hydrogens (tertiary/aromatic N) is 1. The summed E-state index contributed by atoms with van der Waals surface area (Å²) >= 11 is 0. The molecule has 1 fully saturated rings. The van der Waals surface area contributed by atoms with Crippen LogP contribution < -0.4 is 4.74 Å². The van der Waals surface area contributed by atoms with Gasteiger partial charge in [0.1, 0.15) is 29.7 Å². The molecule has 4 rings (SSSR count). The van der Waals surface area contributed by atoms with E-state index < -0.39 is 29.2 Å². The van der Waals surface area contributed by atoms with E-state index in [-0.39, 0.29) is 23.8 Å². The molecule has 3 aromatic carbocycles. The molecule has 1 aliphatic heterocycles. The van der Waals surface area contributed by atoms with Crippen molar-refractivity contribution in [3.05, 3.63) is 83.4 Å². The second kappa shape index (κ2) is 10.6. The van der Waals surface area contributed by atoms with Gasteiger partial charge in [-0.3, -0.25) is 4.79 Å². The molecule has 8 heteroatoms. The van der Waals surface area contributed by atoms with Gasteiger partial charge in [-0.15, -0.1) is 0 Å². The summed E-state index contributed by atoms with van der Waals surface area (Å²) in [5, 5.41) is 9.94. The van der Waals surface area contributed by atoms with Gasteiger partial charge >= 0.3 is 5.97 Å². The summed E-state index contributed by atoms with van der Waals surface area (Å²) in [6, 6.07) is 14.7. The van der Waals surface area contributed by atoms with Crippen molar-refractivity contribution in [1.29, 1.82) is 0 Å². The van der Waals surface area contributed by atoms with Crippen LogP contribution in [0.1, 0.15) is 49.5 Å². The Kier molecular flexibility index (Phi) is 7.47. The first-order valence-electron chi connectivity index (χ1n) is 12.1. The minimum atomic E-state index is -1.12. The SMILES string of the molecule is CC(C)(C)OC(=O)[C@@H]1CCCN1C(=O)c1cccc(COc2ccc(-c3cc(F)c(F)cc3O)cc2)c1. The van der Waals surface area contributed by atoms with Gasteiger partial charge in [-0.2, -0.15) is 0 Å². The standard InChI is InChI=1S/C29H29F2NO5/c1-29(2,3)37-28(35)25-8-5-13-32(25)27(34)20-7-4-6-18(14-20)17-36-21-11-9-19(10-12-21)22-15-23(30)24(31)16-26(22)33/h4,6-7,9-12,14-16,25,33H,5,8,13,17H2,1-3H3/t25-/m0/s1. The van der Waals surface area contributed by atoms with Crippen LogP contribution in [0.4, 0.5) is 8.78 Å². The number of likely N-dealkylation sites (tertiary alicyclic amines) is 1. The molecule has 0 saturated carbocycles. The summed E-state index contributed by atoms with van der Waals surface area (Å²) in [5.74, 6) is -2.63. The van der Waals surface area contributed by atoms with Gasteiger partial charge in [-0.05, 0) is 75.1 Å². The topological polar surface area (TPSA) is 76.1 Å². The number of carbonyl (C=O) groups is 2. The Morgan fingerprint density at radius 1 is 1.03 bits per heavy atom. The Morgan fingerprint density at radius 2 is 1.73 bits per heavy atom. The van der Waals surface area contributed by atoms with Gasteiger partial charge < -0.3 is 19.5 Å². The van der Waals surface area contributed by atoms with E-state index in [0.29, 0.717) is 29.8 Å². The van der Waals surface area contributed by atoms with Gasteiger partial charge in [-0.1, -0.05) is 24.3 Å². The lowest BCUT2D eigenvalue weighted by Gasteiger charge is -2.27. The van der Waals surface area contributed by atoms with E-state index in [1.807, 2.05) is 6.07 Å². The maximum absolute atomic E-state index is 13.6. The minimum absolute atomic E-state index is 0.170. The second-order valence-electron chi connectivity index (χ2n) is 9.99. The molecule has 1 heterocycles. The third kappa shape index (κ3) is 6.25. The zero-order valence-corrected chi connectivity index (χ0v) is 21.0. The Hall–Kier alpha value is -3.94. The van der Waals surface area contributed by atoms with Crippen molar-refractivity contribution >= 4 is 11.9 Å². The van der Waals surface area contributed by atoms with Crippen LogP contribution in [0.25, 0.3) is 11.1 Å². The lowest BCUT2D eigenvalue weighted by molar-refractivity contribution is -0.159. The van der Waals surface area contributed by atoms with E-state index in [2.05, 4.69) is 0 Å². The molecule has 0 unspecified atom stereocenters. The number of halogens is 2. The van der Waals surface area contributed by atoms with Crippen LogP contribution in [0.2, 0.25) is 0 Å². The van der Waals surface area contributed by atoms with E-state index in [1.165, 1.54) is 0 Å². The number of phenolic OH excluding ortho intramolecular Hbond substituents is 1. The molecule has 1 N–H and O–H groups in total. The summed E-state index contributed by atoms with van der Waals surface area (Å²) in [5.41, 5.74) is 1.27. The van der Waals surface area contributed by atoms with Crippen molar-refractivity contribution in [1.82, 2.24) is 4.90 Å². The van der Waals surface area contributed by atoms with Crippen molar-refractivity contribution in [3.63, 3.8) is 0 Å². The molecule has 1 saturated heterocycles. The smallest absolute Gasteiger partial charge is 0.329 e. The third-order valence-electron chi connectivity index (χ3n) is 5.98. The average molecular weight is 510 g/mol. The van der Waals surface area contributed by atoms with Gasteiger partial charge in [0.15, 0.2) is 11.6 Å². The Labute approximate surface area is 214 Å². The quantitative estimate of drug-likeness (QED) is 0.421. The van der Waals surface area contributed by atoms with E-state index in [1.54, 1.807) is 68.1 Å². The fraction of sp³-hybridized carbons (Fsp3) is 0.310. The molecular weight excluding hydrogens is 480 g/mol. The molecule has 194 valence electrons. The maximum Gasteiger partial charge on any atom is 0.329 e. The van der Waals surface area contributed by atoms with Gasteiger partial charge in [-0.25, -0.2) is 13.6 Å². The molecule has 37 heavy (non-hydrogen) atoms. The Morgan fingerprint density at radius 3 is 2.43 bits per heavy atom. The molecule has 0 aromatic heterocycles. The predicted molar refractivity (Wildman–Crippen MR) is 134 cm³/mol. The van der Waals surface area contributed by atoms with Crippen molar-refractivity contribution in [3.8, 4) is 22.6 Å². The van der Waals surface area contributed by atoms with Crippen LogP contribution in [0.5, 0.6) is 11.5 Å². The number of ether oxygens (including phenoxy) is 2. The molecule has 3 aromatic rings. The first-order valence-corrected chi connectivity index (χ1v) is 12.1. The monoisotopic (exact) mass is 509 g/mol. The van der Waals surface area contributed by atoms with Crippen molar-refractivity contribution in [2.75, 3.05) is 6.54 Å². The average Bonchev–Trinajstić information content (AvgIpc) is 3.34. The normalized spacial score (nSPS) is 15.5. The lowest BCUT2D eigenvalue weighted by atomic mass is 10.0. The molecule has 6 nitrogen and oxygen atoms in total. The number of esters is 1. The molecule has 1 aliphatic rings. The number of rotatable bonds is 6. The number of hydrogen-bond donors (Lipinski definition) is 1. The lowest BCUT2D eigenvalue weighted by Crippen LogP contribution is -2.43. The number of carbonyl (C=O) groups excluding carboxylic acids is 2. The number of hydrogen-bond acceptors (Lipinski definition) is 5. The maximum atomic E-state index is 13.6. The van der Waals surface area contributed by atoms with Crippen molar-refractivity contribution in [2.45, 2.75) is 51.9 Å². The fourth-order valence-electron chi connectivity index (χ4n) is 4.25. The zero-order chi connectivity index (χ0) is 26.7. The van der Waals surface area contributed by atoms with E-state index >= 15 is 0 Å². The highest BCUT2D eigenvalue weighted by Crippen LogP contribution is 2.32. The van der Waals surface area contributed by atoms with Crippen LogP contribution in [0, 0.1) is 11.6 Å². The largest absolute Gasteiger partial charge is 0.507 e. The summed E-state index contributed by atoms with van der Waals surface area (Å²) < 4.78 is 38.2. The summed E-state index contributed by atoms with van der Waals surface area (Å²) in [6.07, 6.45) is 1.30. The Balaban J connectivity index is 1.41. The van der Waals surface area contributed by atoms with E-state index in [4.69, 9.17) is 9.47 Å². The summed E-state index contributed by atoms with van der Waals surface area (Å²) in [4.78, 5) is 27.4. The summed E-state index contributed by atoms with van der Waals surface area (Å²) in [7, 11) is 0. The number of aromatic hydroxyl groups is 1. The molecule has 0 bridgehead atoms. The van der Waals surface area contributed by atoms with Crippen molar-refractivity contribution in [2.24, 2.45) is 0 Å². The first kappa shape index (κ1) is 26.1. The van der Waals surface area contributed by atoms with Gasteiger partial charge in [0.2, 0.25) is 0 Å². The first-order chi connectivity index (χ1) is 17.5. The molecule has 1 amide bonds. The number of amides is 1. The van der Waals surface area contributed by atoms with Crippen LogP contribution in [-0.2, 0) is 16.1 Å². The summed E-state index contributed by atoms with van der Waals surface area (Å²) in [6.45, 7) is 6.08. The molecular formula is C29H29F2NO5. The molecule has 0 spiro atoms. The van der Waals surface area contributed by atoms with Crippen LogP contribution >= 0.6 is 0 Å². The second-order valence-corrected chi connectivity index (χ2v) is 9.99. The van der Waals surface area contributed by atoms with Crippen LogP contribution in [0.3, 0.4) is 0 Å². The highest BCUT2D eigenvalue weighted by atomic mass is 19.2. The van der Waals surface area contributed by atoms with Crippen molar-refractivity contribution < 1.29 is 33.0 Å². The Bertz CT molecular complexity index is 1300. The highest BCUT2D eigenvalue weighted by Gasteiger charge is 2.37. The minimum Gasteiger partial charge on any atom is -0.507 e. The van der Waals surface area contributed by atoms with Gasteiger partial charge in [0.05, 0.1) is 0 Å². The molecule has 1 atom stereocenters. The van der Waals surface area contributed by atoms with E-state index in [9.17, 15) is 23.5 Å². The number of phenols is 1.